The van der Waals surface area contributed by atoms with Crippen LogP contribution in [0.25, 0.3) is 0 Å². The van der Waals surface area contributed by atoms with Crippen molar-refractivity contribution in [2.45, 2.75) is 19.5 Å². The Balaban J connectivity index is 1.49. The minimum atomic E-state index is -0.294. The summed E-state index contributed by atoms with van der Waals surface area (Å²) in [6.45, 7) is 2.34. The number of methoxy groups -OCH3 is 2. The average molecular weight is 383 g/mol. The molecule has 3 aromatic rings. The molecule has 0 saturated carbocycles. The van der Waals surface area contributed by atoms with E-state index in [0.29, 0.717) is 23.8 Å². The van der Waals surface area contributed by atoms with Gasteiger partial charge in [-0.05, 0) is 35.9 Å². The molecule has 2 aromatic carbocycles. The first-order valence-corrected chi connectivity index (χ1v) is 9.09. The van der Waals surface area contributed by atoms with Gasteiger partial charge in [0.15, 0.2) is 17.3 Å². The van der Waals surface area contributed by atoms with E-state index in [4.69, 9.17) is 14.0 Å². The van der Waals surface area contributed by atoms with Gasteiger partial charge in [0, 0.05) is 31.7 Å². The van der Waals surface area contributed by atoms with Gasteiger partial charge >= 0.3 is 0 Å². The second-order valence-corrected chi connectivity index (χ2v) is 6.72. The van der Waals surface area contributed by atoms with Crippen molar-refractivity contribution >= 4 is 11.5 Å². The fraction of sp³-hybridized carbons (Fsp3) is 0.286. The van der Waals surface area contributed by atoms with Crippen LogP contribution in [0, 0.1) is 5.82 Å². The van der Waals surface area contributed by atoms with Gasteiger partial charge in [-0.3, -0.25) is 4.90 Å². The van der Waals surface area contributed by atoms with E-state index in [1.807, 2.05) is 18.2 Å². The van der Waals surface area contributed by atoms with E-state index in [1.165, 1.54) is 12.1 Å². The second kappa shape index (κ2) is 7.90. The van der Waals surface area contributed by atoms with Gasteiger partial charge in [-0.2, -0.15) is 0 Å². The lowest BCUT2D eigenvalue weighted by Crippen LogP contribution is -2.29. The summed E-state index contributed by atoms with van der Waals surface area (Å²) in [5, 5.41) is 7.31. The molecule has 0 amide bonds. The van der Waals surface area contributed by atoms with E-state index < -0.39 is 0 Å². The normalized spacial score (nSPS) is 13.8. The van der Waals surface area contributed by atoms with Crippen LogP contribution in [0.2, 0.25) is 0 Å². The molecule has 6 nitrogen and oxygen atoms in total. The number of aromatic nitrogens is 1. The van der Waals surface area contributed by atoms with Gasteiger partial charge in [0.1, 0.15) is 11.6 Å². The maximum Gasteiger partial charge on any atom is 0.178 e. The van der Waals surface area contributed by atoms with Gasteiger partial charge in [0.25, 0.3) is 0 Å². The van der Waals surface area contributed by atoms with Crippen LogP contribution in [0.3, 0.4) is 0 Å². The molecule has 0 aliphatic carbocycles. The number of benzene rings is 2. The summed E-state index contributed by atoms with van der Waals surface area (Å²) in [6, 6.07) is 12.3. The van der Waals surface area contributed by atoms with Crippen LogP contribution in [0.4, 0.5) is 15.9 Å². The topological polar surface area (TPSA) is 59.8 Å². The Bertz CT molecular complexity index is 973. The molecule has 0 saturated heterocycles. The number of nitrogens with zero attached hydrogens (tertiary/aromatic N) is 2. The highest BCUT2D eigenvalue weighted by molar-refractivity contribution is 5.60. The Kier molecular flexibility index (Phi) is 5.16. The molecule has 0 unspecified atom stereocenters. The first kappa shape index (κ1) is 18.3. The standard InChI is InChI=1S/C21H22FN3O3/c1-26-19-7-6-14(10-20(19)27-2)12-25-9-8-18-17(13-25)21(24-28-18)23-16-5-3-4-15(22)11-16/h3-7,10-11H,8-9,12-13H2,1-2H3,(H,23,24). The Hall–Kier alpha value is -3.06. The van der Waals surface area contributed by atoms with Crippen molar-refractivity contribution in [1.82, 2.24) is 10.1 Å². The highest BCUT2D eigenvalue weighted by Gasteiger charge is 2.24. The quantitative estimate of drug-likeness (QED) is 0.691. The van der Waals surface area contributed by atoms with Gasteiger partial charge in [0.2, 0.25) is 0 Å². The molecule has 1 aromatic heterocycles. The highest BCUT2D eigenvalue weighted by Crippen LogP contribution is 2.31. The number of nitrogens with one attached hydrogen (secondary N) is 1. The molecular formula is C21H22FN3O3. The number of anilines is 2. The smallest absolute Gasteiger partial charge is 0.178 e. The van der Waals surface area contributed by atoms with Gasteiger partial charge in [-0.15, -0.1) is 0 Å². The van der Waals surface area contributed by atoms with Crippen molar-refractivity contribution in [2.24, 2.45) is 0 Å². The van der Waals surface area contributed by atoms with Gasteiger partial charge < -0.3 is 19.3 Å². The summed E-state index contributed by atoms with van der Waals surface area (Å²) < 4.78 is 29.6. The summed E-state index contributed by atoms with van der Waals surface area (Å²) >= 11 is 0. The Morgan fingerprint density at radius 1 is 1.14 bits per heavy atom. The van der Waals surface area contributed by atoms with Crippen molar-refractivity contribution in [3.05, 3.63) is 65.2 Å². The van der Waals surface area contributed by atoms with E-state index in [-0.39, 0.29) is 5.82 Å². The van der Waals surface area contributed by atoms with Crippen LogP contribution in [0.5, 0.6) is 11.5 Å². The molecule has 1 aliphatic rings. The lowest BCUT2D eigenvalue weighted by atomic mass is 10.1. The minimum Gasteiger partial charge on any atom is -0.493 e. The van der Waals surface area contributed by atoms with Crippen LogP contribution >= 0.6 is 0 Å². The lowest BCUT2D eigenvalue weighted by molar-refractivity contribution is 0.228. The van der Waals surface area contributed by atoms with Crippen molar-refractivity contribution in [1.29, 1.82) is 0 Å². The zero-order valence-electron chi connectivity index (χ0n) is 15.9. The predicted molar refractivity (Wildman–Crippen MR) is 104 cm³/mol. The average Bonchev–Trinajstić information content (AvgIpc) is 3.10. The molecule has 0 radical (unpaired) electrons. The van der Waals surface area contributed by atoms with Crippen molar-refractivity contribution in [2.75, 3.05) is 26.1 Å². The third kappa shape index (κ3) is 3.80. The SMILES string of the molecule is COc1ccc(CN2CCc3onc(Nc4cccc(F)c4)c3C2)cc1OC. The predicted octanol–water partition coefficient (Wildman–Crippen LogP) is 4.13. The molecule has 0 bridgehead atoms. The van der Waals surface area contributed by atoms with E-state index in [2.05, 4.69) is 15.4 Å². The maximum absolute atomic E-state index is 13.4. The van der Waals surface area contributed by atoms with E-state index in [1.54, 1.807) is 26.4 Å². The first-order chi connectivity index (χ1) is 13.7. The monoisotopic (exact) mass is 383 g/mol. The third-order valence-corrected chi connectivity index (χ3v) is 4.85. The van der Waals surface area contributed by atoms with Crippen LogP contribution < -0.4 is 14.8 Å². The van der Waals surface area contributed by atoms with Gasteiger partial charge in [-0.1, -0.05) is 17.3 Å². The highest BCUT2D eigenvalue weighted by atomic mass is 19.1. The Labute approximate surface area is 162 Å². The number of hydrogen-bond donors (Lipinski definition) is 1. The van der Waals surface area contributed by atoms with Crippen LogP contribution in [-0.2, 0) is 19.5 Å². The zero-order chi connectivity index (χ0) is 19.5. The van der Waals surface area contributed by atoms with E-state index >= 15 is 0 Å². The van der Waals surface area contributed by atoms with Crippen molar-refractivity contribution < 1.29 is 18.4 Å². The zero-order valence-corrected chi connectivity index (χ0v) is 15.9. The molecule has 2 heterocycles. The van der Waals surface area contributed by atoms with Gasteiger partial charge in [0.05, 0.1) is 19.8 Å². The van der Waals surface area contributed by atoms with Crippen molar-refractivity contribution in [3.63, 3.8) is 0 Å². The molecule has 7 heteroatoms. The summed E-state index contributed by atoms with van der Waals surface area (Å²) in [5.74, 6) is 2.65. The number of rotatable bonds is 6. The maximum atomic E-state index is 13.4. The fourth-order valence-electron chi connectivity index (χ4n) is 3.44. The molecular weight excluding hydrogens is 361 g/mol. The van der Waals surface area contributed by atoms with Crippen LogP contribution in [0.1, 0.15) is 16.9 Å². The van der Waals surface area contributed by atoms with Crippen molar-refractivity contribution in [3.8, 4) is 11.5 Å². The molecule has 0 atom stereocenters. The first-order valence-electron chi connectivity index (χ1n) is 9.09. The molecule has 146 valence electrons. The number of hydrogen-bond acceptors (Lipinski definition) is 6. The van der Waals surface area contributed by atoms with Crippen LogP contribution in [-0.4, -0.2) is 30.8 Å². The largest absolute Gasteiger partial charge is 0.493 e. The summed E-state index contributed by atoms with van der Waals surface area (Å²) in [7, 11) is 3.26. The van der Waals surface area contributed by atoms with Gasteiger partial charge in [-0.25, -0.2) is 4.39 Å². The Morgan fingerprint density at radius 2 is 2.00 bits per heavy atom. The fourth-order valence-corrected chi connectivity index (χ4v) is 3.44. The van der Waals surface area contributed by atoms with E-state index in [9.17, 15) is 4.39 Å². The molecule has 0 spiro atoms. The molecule has 28 heavy (non-hydrogen) atoms. The number of ether oxygens (including phenoxy) is 2. The minimum absolute atomic E-state index is 0.294. The molecule has 0 fully saturated rings. The Morgan fingerprint density at radius 3 is 2.79 bits per heavy atom. The molecule has 1 N–H and O–H groups in total. The van der Waals surface area contributed by atoms with Crippen LogP contribution in [0.15, 0.2) is 47.0 Å². The number of fused-ring (bicyclic) bond motifs is 1. The summed E-state index contributed by atoms with van der Waals surface area (Å²) in [6.07, 6.45) is 0.778. The lowest BCUT2D eigenvalue weighted by Gasteiger charge is -2.26. The molecule has 4 rings (SSSR count). The third-order valence-electron chi connectivity index (χ3n) is 4.85. The van der Waals surface area contributed by atoms with E-state index in [0.717, 1.165) is 42.1 Å². The number of halogens is 1. The summed E-state index contributed by atoms with van der Waals surface area (Å²) in [5.41, 5.74) is 2.79. The summed E-state index contributed by atoms with van der Waals surface area (Å²) in [4.78, 5) is 2.32. The molecule has 1 aliphatic heterocycles. The second-order valence-electron chi connectivity index (χ2n) is 6.72.